The van der Waals surface area contributed by atoms with Gasteiger partial charge in [0, 0.05) is 11.1 Å². The van der Waals surface area contributed by atoms with Gasteiger partial charge in [-0.05, 0) is 37.3 Å². The number of primary amides is 1. The summed E-state index contributed by atoms with van der Waals surface area (Å²) in [7, 11) is 0. The number of hydrogen-bond donors (Lipinski definition) is 1. The largest absolute Gasteiger partial charge is 0.351 e. The van der Waals surface area contributed by atoms with Gasteiger partial charge in [0.15, 0.2) is 0 Å². The Morgan fingerprint density at radius 3 is 2.75 bits per heavy atom. The second kappa shape index (κ2) is 3.37. The third kappa shape index (κ3) is 1.18. The normalized spacial score (nSPS) is 15.0. The monoisotopic (exact) mass is 214 g/mol. The van der Waals surface area contributed by atoms with Crippen LogP contribution in [0.15, 0.2) is 24.3 Å². The van der Waals surface area contributed by atoms with E-state index in [9.17, 15) is 4.79 Å². The molecule has 0 spiro atoms. The van der Waals surface area contributed by atoms with Crippen LogP contribution in [0.25, 0.3) is 10.9 Å². The van der Waals surface area contributed by atoms with Crippen LogP contribution < -0.4 is 5.73 Å². The van der Waals surface area contributed by atoms with Crippen LogP contribution in [0.2, 0.25) is 0 Å². The molecule has 0 radical (unpaired) electrons. The number of aryl methyl sites for hydroxylation is 1. The zero-order chi connectivity index (χ0) is 11.1. The molecule has 0 saturated heterocycles. The van der Waals surface area contributed by atoms with E-state index in [1.54, 1.807) is 4.57 Å². The zero-order valence-electron chi connectivity index (χ0n) is 9.07. The van der Waals surface area contributed by atoms with Gasteiger partial charge in [0.1, 0.15) is 0 Å². The maximum absolute atomic E-state index is 11.5. The number of nitrogens with zero attached hydrogens (tertiary/aromatic N) is 1. The van der Waals surface area contributed by atoms with Gasteiger partial charge in [0.25, 0.3) is 0 Å². The summed E-state index contributed by atoms with van der Waals surface area (Å²) in [6.45, 7) is 0. The summed E-state index contributed by atoms with van der Waals surface area (Å²) in [5.74, 6) is 0. The Labute approximate surface area is 93.9 Å². The first-order valence-electron chi connectivity index (χ1n) is 5.70. The fourth-order valence-electron chi connectivity index (χ4n) is 2.75. The Morgan fingerprint density at radius 1 is 1.19 bits per heavy atom. The van der Waals surface area contributed by atoms with E-state index in [0.29, 0.717) is 0 Å². The van der Waals surface area contributed by atoms with Gasteiger partial charge in [-0.1, -0.05) is 18.2 Å². The Bertz CT molecular complexity index is 569. The summed E-state index contributed by atoms with van der Waals surface area (Å²) in [6.07, 6.45) is 4.39. The summed E-state index contributed by atoms with van der Waals surface area (Å²) in [4.78, 5) is 11.5. The lowest BCUT2D eigenvalue weighted by Crippen LogP contribution is -2.22. The first kappa shape index (κ1) is 9.46. The van der Waals surface area contributed by atoms with E-state index in [1.807, 2.05) is 18.2 Å². The van der Waals surface area contributed by atoms with Crippen LogP contribution in [0.3, 0.4) is 0 Å². The molecule has 0 aliphatic heterocycles. The van der Waals surface area contributed by atoms with Crippen LogP contribution >= 0.6 is 0 Å². The number of hydrogen-bond acceptors (Lipinski definition) is 1. The Kier molecular flexibility index (Phi) is 1.99. The van der Waals surface area contributed by atoms with Crippen molar-refractivity contribution in [3.63, 3.8) is 0 Å². The van der Waals surface area contributed by atoms with Crippen molar-refractivity contribution in [1.29, 1.82) is 0 Å². The van der Waals surface area contributed by atoms with E-state index in [1.165, 1.54) is 17.4 Å². The van der Waals surface area contributed by atoms with Gasteiger partial charge >= 0.3 is 6.03 Å². The average Bonchev–Trinajstić information content (AvgIpc) is 2.63. The van der Waals surface area contributed by atoms with E-state index in [4.69, 9.17) is 5.73 Å². The third-order valence-electron chi connectivity index (χ3n) is 3.40. The van der Waals surface area contributed by atoms with Crippen LogP contribution in [-0.2, 0) is 12.8 Å². The van der Waals surface area contributed by atoms with Gasteiger partial charge in [-0.25, -0.2) is 4.79 Å². The van der Waals surface area contributed by atoms with Crippen molar-refractivity contribution in [3.05, 3.63) is 35.5 Å². The molecule has 2 aromatic rings. The number of benzene rings is 1. The highest BCUT2D eigenvalue weighted by atomic mass is 16.2. The zero-order valence-corrected chi connectivity index (χ0v) is 9.07. The summed E-state index contributed by atoms with van der Waals surface area (Å²) in [6, 6.07) is 7.66. The Hall–Kier alpha value is -1.77. The number of carbonyl (C=O) groups excluding carboxylic acids is 1. The third-order valence-corrected chi connectivity index (χ3v) is 3.40. The van der Waals surface area contributed by atoms with Gasteiger partial charge in [0.2, 0.25) is 0 Å². The molecule has 1 aromatic carbocycles. The van der Waals surface area contributed by atoms with Gasteiger partial charge in [0.05, 0.1) is 5.52 Å². The minimum absolute atomic E-state index is 0.362. The lowest BCUT2D eigenvalue weighted by Gasteiger charge is -2.13. The molecular weight excluding hydrogens is 200 g/mol. The molecule has 1 aromatic heterocycles. The van der Waals surface area contributed by atoms with E-state index in [0.717, 1.165) is 30.5 Å². The lowest BCUT2D eigenvalue weighted by molar-refractivity contribution is 0.250. The molecule has 0 bridgehead atoms. The van der Waals surface area contributed by atoms with Crippen molar-refractivity contribution in [2.75, 3.05) is 0 Å². The standard InChI is InChI=1S/C13H14N2O/c14-13(16)15-11-7-3-1-5-9(11)10-6-2-4-8-12(10)15/h1,3,5,7H,2,4,6,8H2,(H2,14,16). The number of fused-ring (bicyclic) bond motifs is 3. The van der Waals surface area contributed by atoms with E-state index in [-0.39, 0.29) is 6.03 Å². The summed E-state index contributed by atoms with van der Waals surface area (Å²) in [5, 5.41) is 1.19. The molecule has 1 aliphatic carbocycles. The van der Waals surface area contributed by atoms with Crippen LogP contribution in [0, 0.1) is 0 Å². The predicted molar refractivity (Wildman–Crippen MR) is 63.6 cm³/mol. The fraction of sp³-hybridized carbons (Fsp3) is 0.308. The molecule has 1 aliphatic rings. The quantitative estimate of drug-likeness (QED) is 0.719. The van der Waals surface area contributed by atoms with E-state index in [2.05, 4.69) is 6.07 Å². The summed E-state index contributed by atoms with van der Waals surface area (Å²) in [5.41, 5.74) is 8.88. The highest BCUT2D eigenvalue weighted by molar-refractivity contribution is 5.95. The molecule has 0 fully saturated rings. The van der Waals surface area contributed by atoms with Crippen LogP contribution in [-0.4, -0.2) is 10.6 Å². The van der Waals surface area contributed by atoms with Gasteiger partial charge in [-0.3, -0.25) is 4.57 Å². The molecular formula is C13H14N2O. The maximum Gasteiger partial charge on any atom is 0.323 e. The molecule has 0 saturated carbocycles. The molecule has 2 N–H and O–H groups in total. The molecule has 1 heterocycles. The highest BCUT2D eigenvalue weighted by Crippen LogP contribution is 2.31. The van der Waals surface area contributed by atoms with Gasteiger partial charge in [-0.2, -0.15) is 0 Å². The number of aromatic nitrogens is 1. The SMILES string of the molecule is NC(=O)n1c2c(c3ccccc31)CCCC2. The molecule has 1 amide bonds. The maximum atomic E-state index is 11.5. The fourth-order valence-corrected chi connectivity index (χ4v) is 2.75. The first-order chi connectivity index (χ1) is 7.79. The van der Waals surface area contributed by atoms with Crippen molar-refractivity contribution in [2.24, 2.45) is 5.73 Å². The van der Waals surface area contributed by atoms with Crippen molar-refractivity contribution in [3.8, 4) is 0 Å². The first-order valence-corrected chi connectivity index (χ1v) is 5.70. The number of amides is 1. The Morgan fingerprint density at radius 2 is 1.94 bits per heavy atom. The molecule has 16 heavy (non-hydrogen) atoms. The average molecular weight is 214 g/mol. The smallest absolute Gasteiger partial charge is 0.323 e. The van der Waals surface area contributed by atoms with Crippen molar-refractivity contribution < 1.29 is 4.79 Å². The second-order valence-corrected chi connectivity index (χ2v) is 4.32. The van der Waals surface area contributed by atoms with E-state index < -0.39 is 0 Å². The minimum atomic E-state index is -0.362. The van der Waals surface area contributed by atoms with Crippen LogP contribution in [0.5, 0.6) is 0 Å². The number of nitrogens with two attached hydrogens (primary N) is 1. The molecule has 0 unspecified atom stereocenters. The molecule has 0 atom stereocenters. The predicted octanol–water partition coefficient (Wildman–Crippen LogP) is 2.45. The van der Waals surface area contributed by atoms with Crippen molar-refractivity contribution in [2.45, 2.75) is 25.7 Å². The van der Waals surface area contributed by atoms with Gasteiger partial charge in [-0.15, -0.1) is 0 Å². The summed E-state index contributed by atoms with van der Waals surface area (Å²) < 4.78 is 1.68. The molecule has 82 valence electrons. The number of carbonyl (C=O) groups is 1. The van der Waals surface area contributed by atoms with Gasteiger partial charge < -0.3 is 5.73 Å². The Balaban J connectivity index is 2.41. The number of para-hydroxylation sites is 1. The minimum Gasteiger partial charge on any atom is -0.351 e. The number of rotatable bonds is 0. The second-order valence-electron chi connectivity index (χ2n) is 4.32. The van der Waals surface area contributed by atoms with Crippen LogP contribution in [0.1, 0.15) is 24.1 Å². The molecule has 3 nitrogen and oxygen atoms in total. The van der Waals surface area contributed by atoms with Crippen molar-refractivity contribution in [1.82, 2.24) is 4.57 Å². The molecule has 3 rings (SSSR count). The van der Waals surface area contributed by atoms with Crippen LogP contribution in [0.4, 0.5) is 4.79 Å². The van der Waals surface area contributed by atoms with E-state index >= 15 is 0 Å². The topological polar surface area (TPSA) is 48.0 Å². The summed E-state index contributed by atoms with van der Waals surface area (Å²) >= 11 is 0. The van der Waals surface area contributed by atoms with Crippen molar-refractivity contribution >= 4 is 16.9 Å². The molecule has 3 heteroatoms. The lowest BCUT2D eigenvalue weighted by atomic mass is 9.96. The highest BCUT2D eigenvalue weighted by Gasteiger charge is 2.21.